The maximum Gasteiger partial charge on any atom is 0.270 e. The first kappa shape index (κ1) is 20.6. The molecule has 0 atom stereocenters. The third-order valence-electron chi connectivity index (χ3n) is 4.94. The fourth-order valence-corrected chi connectivity index (χ4v) is 3.32. The number of benzene rings is 1. The number of nitrogens with zero attached hydrogens (tertiary/aromatic N) is 2. The predicted octanol–water partition coefficient (Wildman–Crippen LogP) is 3.73. The van der Waals surface area contributed by atoms with Gasteiger partial charge < -0.3 is 20.1 Å². The van der Waals surface area contributed by atoms with E-state index in [-0.39, 0.29) is 5.91 Å². The molecule has 0 bridgehead atoms. The third kappa shape index (κ3) is 5.94. The number of amides is 1. The van der Waals surface area contributed by atoms with Crippen LogP contribution in [-0.2, 0) is 6.54 Å². The summed E-state index contributed by atoms with van der Waals surface area (Å²) >= 11 is 0. The highest BCUT2D eigenvalue weighted by Gasteiger charge is 2.10. The Kier molecular flexibility index (Phi) is 7.44. The second-order valence-electron chi connectivity index (χ2n) is 6.95. The zero-order chi connectivity index (χ0) is 20.5. The van der Waals surface area contributed by atoms with Gasteiger partial charge in [-0.05, 0) is 49.8 Å². The van der Waals surface area contributed by atoms with E-state index >= 15 is 0 Å². The van der Waals surface area contributed by atoms with E-state index < -0.39 is 0 Å². The molecule has 1 aromatic carbocycles. The van der Waals surface area contributed by atoms with Gasteiger partial charge in [0.2, 0.25) is 0 Å². The number of carbonyl (C=O) groups is 1. The molecule has 1 aliphatic rings. The van der Waals surface area contributed by atoms with E-state index in [2.05, 4.69) is 26.7 Å². The van der Waals surface area contributed by atoms with Crippen LogP contribution in [0, 0.1) is 0 Å². The van der Waals surface area contributed by atoms with Gasteiger partial charge in [0.25, 0.3) is 5.91 Å². The molecule has 7 heteroatoms. The number of ether oxygens (including phenoxy) is 2. The number of hydrogen-bond acceptors (Lipinski definition) is 6. The van der Waals surface area contributed by atoms with Gasteiger partial charge in [-0.3, -0.25) is 4.79 Å². The molecule has 0 spiro atoms. The van der Waals surface area contributed by atoms with Gasteiger partial charge in [0.15, 0.2) is 11.5 Å². The zero-order valence-corrected chi connectivity index (χ0v) is 17.0. The summed E-state index contributed by atoms with van der Waals surface area (Å²) in [6.07, 6.45) is 9.43. The SMILES string of the molecule is COc1ccc(CNc2cc(C(=O)NCCC3=CCCCC3)ncn2)cc1OC. The topological polar surface area (TPSA) is 85.4 Å². The zero-order valence-electron chi connectivity index (χ0n) is 17.0. The quantitative estimate of drug-likeness (QED) is 0.628. The molecule has 29 heavy (non-hydrogen) atoms. The molecule has 3 rings (SSSR count). The van der Waals surface area contributed by atoms with E-state index in [0.29, 0.717) is 36.1 Å². The number of methoxy groups -OCH3 is 2. The standard InChI is InChI=1S/C22H28N4O3/c1-28-19-9-8-17(12-20(19)29-2)14-24-21-13-18(25-15-26-21)22(27)23-11-10-16-6-4-3-5-7-16/h6,8-9,12-13,15H,3-5,7,10-11,14H2,1-2H3,(H,23,27)(H,24,25,26). The molecule has 0 saturated heterocycles. The van der Waals surface area contributed by atoms with Gasteiger partial charge in [0.1, 0.15) is 17.8 Å². The minimum Gasteiger partial charge on any atom is -0.493 e. The van der Waals surface area contributed by atoms with Crippen molar-refractivity contribution in [3.05, 3.63) is 53.5 Å². The van der Waals surface area contributed by atoms with Crippen molar-refractivity contribution in [2.45, 2.75) is 38.6 Å². The Bertz CT molecular complexity index is 867. The first-order chi connectivity index (χ1) is 14.2. The number of allylic oxidation sites excluding steroid dienone is 1. The van der Waals surface area contributed by atoms with Crippen LogP contribution in [0.5, 0.6) is 11.5 Å². The molecular formula is C22H28N4O3. The van der Waals surface area contributed by atoms with Crippen LogP contribution in [0.25, 0.3) is 0 Å². The van der Waals surface area contributed by atoms with E-state index in [1.165, 1.54) is 24.7 Å². The van der Waals surface area contributed by atoms with E-state index in [9.17, 15) is 4.79 Å². The number of carbonyl (C=O) groups excluding carboxylic acids is 1. The number of nitrogens with one attached hydrogen (secondary N) is 2. The molecule has 1 aromatic heterocycles. The fourth-order valence-electron chi connectivity index (χ4n) is 3.32. The van der Waals surface area contributed by atoms with Gasteiger partial charge in [-0.25, -0.2) is 9.97 Å². The highest BCUT2D eigenvalue weighted by Crippen LogP contribution is 2.27. The lowest BCUT2D eigenvalue weighted by molar-refractivity contribution is 0.0949. The van der Waals surface area contributed by atoms with Gasteiger partial charge >= 0.3 is 0 Å². The number of aromatic nitrogens is 2. The van der Waals surface area contributed by atoms with Crippen LogP contribution in [-0.4, -0.2) is 36.6 Å². The number of rotatable bonds is 9. The fraction of sp³-hybridized carbons (Fsp3) is 0.409. The number of hydrogen-bond donors (Lipinski definition) is 2. The van der Waals surface area contributed by atoms with E-state index in [1.807, 2.05) is 18.2 Å². The van der Waals surface area contributed by atoms with Crippen LogP contribution in [0.4, 0.5) is 5.82 Å². The second-order valence-corrected chi connectivity index (χ2v) is 6.95. The molecule has 1 heterocycles. The highest BCUT2D eigenvalue weighted by molar-refractivity contribution is 5.92. The normalized spacial score (nSPS) is 13.4. The molecule has 0 unspecified atom stereocenters. The molecule has 154 valence electrons. The Morgan fingerprint density at radius 2 is 1.97 bits per heavy atom. The van der Waals surface area contributed by atoms with Crippen LogP contribution in [0.1, 0.15) is 48.2 Å². The summed E-state index contributed by atoms with van der Waals surface area (Å²) in [6.45, 7) is 1.16. The summed E-state index contributed by atoms with van der Waals surface area (Å²) in [7, 11) is 3.21. The monoisotopic (exact) mass is 396 g/mol. The molecule has 2 aromatic rings. The summed E-state index contributed by atoms with van der Waals surface area (Å²) in [6, 6.07) is 7.37. The van der Waals surface area contributed by atoms with Crippen LogP contribution < -0.4 is 20.1 Å². The van der Waals surface area contributed by atoms with Gasteiger partial charge in [-0.1, -0.05) is 17.7 Å². The Labute approximate surface area is 171 Å². The molecule has 1 aliphatic carbocycles. The summed E-state index contributed by atoms with van der Waals surface area (Å²) < 4.78 is 10.6. The Morgan fingerprint density at radius 3 is 2.72 bits per heavy atom. The highest BCUT2D eigenvalue weighted by atomic mass is 16.5. The Morgan fingerprint density at radius 1 is 1.10 bits per heavy atom. The second kappa shape index (κ2) is 10.5. The smallest absolute Gasteiger partial charge is 0.270 e. The maximum atomic E-state index is 12.4. The van der Waals surface area contributed by atoms with E-state index in [0.717, 1.165) is 24.8 Å². The lowest BCUT2D eigenvalue weighted by Crippen LogP contribution is -2.26. The Hall–Kier alpha value is -3.09. The molecule has 0 fully saturated rings. The van der Waals surface area contributed by atoms with Crippen molar-refractivity contribution < 1.29 is 14.3 Å². The minimum atomic E-state index is -0.182. The summed E-state index contributed by atoms with van der Waals surface area (Å²) in [5.41, 5.74) is 2.80. The maximum absolute atomic E-state index is 12.4. The van der Waals surface area contributed by atoms with Crippen LogP contribution in [0.15, 0.2) is 42.2 Å². The van der Waals surface area contributed by atoms with E-state index in [1.54, 1.807) is 20.3 Å². The average molecular weight is 396 g/mol. The molecule has 0 radical (unpaired) electrons. The van der Waals surface area contributed by atoms with Crippen molar-refractivity contribution >= 4 is 11.7 Å². The van der Waals surface area contributed by atoms with Crippen molar-refractivity contribution in [1.82, 2.24) is 15.3 Å². The predicted molar refractivity (Wildman–Crippen MR) is 112 cm³/mol. The number of anilines is 1. The van der Waals surface area contributed by atoms with Gasteiger partial charge in [-0.15, -0.1) is 0 Å². The lowest BCUT2D eigenvalue weighted by Gasteiger charge is -2.13. The van der Waals surface area contributed by atoms with E-state index in [4.69, 9.17) is 9.47 Å². The molecule has 0 aliphatic heterocycles. The average Bonchev–Trinajstić information content (AvgIpc) is 2.78. The van der Waals surface area contributed by atoms with Crippen molar-refractivity contribution in [2.24, 2.45) is 0 Å². The minimum absolute atomic E-state index is 0.182. The van der Waals surface area contributed by atoms with Gasteiger partial charge in [-0.2, -0.15) is 0 Å². The van der Waals surface area contributed by atoms with Crippen LogP contribution >= 0.6 is 0 Å². The van der Waals surface area contributed by atoms with Crippen molar-refractivity contribution in [2.75, 3.05) is 26.1 Å². The largest absolute Gasteiger partial charge is 0.493 e. The van der Waals surface area contributed by atoms with Gasteiger partial charge in [0, 0.05) is 19.2 Å². The van der Waals surface area contributed by atoms with Crippen LogP contribution in [0.2, 0.25) is 0 Å². The summed E-state index contributed by atoms with van der Waals surface area (Å²) in [4.78, 5) is 20.7. The summed E-state index contributed by atoms with van der Waals surface area (Å²) in [5, 5.41) is 6.16. The first-order valence-electron chi connectivity index (χ1n) is 9.92. The molecule has 0 saturated carbocycles. The van der Waals surface area contributed by atoms with Crippen molar-refractivity contribution in [1.29, 1.82) is 0 Å². The van der Waals surface area contributed by atoms with Crippen LogP contribution in [0.3, 0.4) is 0 Å². The van der Waals surface area contributed by atoms with Crippen molar-refractivity contribution in [3.8, 4) is 11.5 Å². The van der Waals surface area contributed by atoms with Gasteiger partial charge in [0.05, 0.1) is 14.2 Å². The molecule has 2 N–H and O–H groups in total. The molecular weight excluding hydrogens is 368 g/mol. The molecule has 7 nitrogen and oxygen atoms in total. The Balaban J connectivity index is 1.53. The molecule has 1 amide bonds. The lowest BCUT2D eigenvalue weighted by atomic mass is 9.97. The first-order valence-corrected chi connectivity index (χ1v) is 9.92. The summed E-state index contributed by atoms with van der Waals surface area (Å²) in [5.74, 6) is 1.76. The van der Waals surface area contributed by atoms with Crippen molar-refractivity contribution in [3.63, 3.8) is 0 Å². The third-order valence-corrected chi connectivity index (χ3v) is 4.94.